The Balaban J connectivity index is 2.89. The van der Waals surface area contributed by atoms with Crippen LogP contribution in [-0.2, 0) is 10.0 Å². The molecule has 90 valence electrons. The molecule has 0 spiro atoms. The highest BCUT2D eigenvalue weighted by atomic mass is 35.5. The average molecular weight is 284 g/mol. The van der Waals surface area contributed by atoms with Gasteiger partial charge >= 0.3 is 0 Å². The van der Waals surface area contributed by atoms with Gasteiger partial charge in [0.15, 0.2) is 0 Å². The molecule has 2 N–H and O–H groups in total. The summed E-state index contributed by atoms with van der Waals surface area (Å²) < 4.78 is 25.7. The molecule has 0 fully saturated rings. The standard InChI is InChI=1S/C9H11Cl2NO3S/c10-7-4-8(11)6-9(5-7)16(14,15)12-2-1-3-13/h4-6,12-13H,1-3H2. The molecule has 1 aromatic carbocycles. The number of rotatable bonds is 5. The zero-order valence-electron chi connectivity index (χ0n) is 8.28. The summed E-state index contributed by atoms with van der Waals surface area (Å²) in [6.07, 6.45) is 0.355. The molecular formula is C9H11Cl2NO3S. The summed E-state index contributed by atoms with van der Waals surface area (Å²) in [6.45, 7) is 0.0990. The number of nitrogens with one attached hydrogen (secondary N) is 1. The van der Waals surface area contributed by atoms with E-state index in [1.165, 1.54) is 18.2 Å². The first-order chi connectivity index (χ1) is 7.45. The second-order valence-corrected chi connectivity index (χ2v) is 5.72. The van der Waals surface area contributed by atoms with E-state index in [0.717, 1.165) is 0 Å². The Kier molecular flexibility index (Phi) is 5.01. The maximum Gasteiger partial charge on any atom is 0.240 e. The predicted molar refractivity (Wildman–Crippen MR) is 63.4 cm³/mol. The van der Waals surface area contributed by atoms with Crippen molar-refractivity contribution in [2.45, 2.75) is 11.3 Å². The molecule has 0 aliphatic carbocycles. The lowest BCUT2D eigenvalue weighted by molar-refractivity contribution is 0.289. The van der Waals surface area contributed by atoms with Gasteiger partial charge in [0, 0.05) is 23.2 Å². The molecule has 1 aromatic rings. The van der Waals surface area contributed by atoms with E-state index in [9.17, 15) is 8.42 Å². The molecule has 0 radical (unpaired) electrons. The van der Waals surface area contributed by atoms with Crippen LogP contribution in [0.25, 0.3) is 0 Å². The van der Waals surface area contributed by atoms with Crippen molar-refractivity contribution < 1.29 is 13.5 Å². The van der Waals surface area contributed by atoms with Gasteiger partial charge in [0.25, 0.3) is 0 Å². The maximum atomic E-state index is 11.7. The first-order valence-electron chi connectivity index (χ1n) is 4.52. The Morgan fingerprint density at radius 3 is 2.25 bits per heavy atom. The first-order valence-corrected chi connectivity index (χ1v) is 6.76. The Bertz CT molecular complexity index is 442. The average Bonchev–Trinajstić information content (AvgIpc) is 2.16. The minimum Gasteiger partial charge on any atom is -0.396 e. The molecule has 16 heavy (non-hydrogen) atoms. The number of aliphatic hydroxyl groups excluding tert-OH is 1. The van der Waals surface area contributed by atoms with E-state index >= 15 is 0 Å². The van der Waals surface area contributed by atoms with Crippen molar-refractivity contribution in [1.82, 2.24) is 4.72 Å². The van der Waals surface area contributed by atoms with Gasteiger partial charge in [0.05, 0.1) is 4.90 Å². The monoisotopic (exact) mass is 283 g/mol. The van der Waals surface area contributed by atoms with Crippen LogP contribution >= 0.6 is 23.2 Å². The number of sulfonamides is 1. The summed E-state index contributed by atoms with van der Waals surface area (Å²) in [4.78, 5) is 0.0166. The van der Waals surface area contributed by atoms with Crippen molar-refractivity contribution in [2.75, 3.05) is 13.2 Å². The van der Waals surface area contributed by atoms with Crippen LogP contribution in [-0.4, -0.2) is 26.7 Å². The van der Waals surface area contributed by atoms with Crippen LogP contribution in [0, 0.1) is 0 Å². The lowest BCUT2D eigenvalue weighted by Gasteiger charge is -2.06. The lowest BCUT2D eigenvalue weighted by Crippen LogP contribution is -2.25. The Hall–Kier alpha value is -0.330. The molecule has 0 saturated heterocycles. The minimum atomic E-state index is -3.61. The molecule has 0 atom stereocenters. The van der Waals surface area contributed by atoms with Gasteiger partial charge in [-0.2, -0.15) is 0 Å². The SMILES string of the molecule is O=S(=O)(NCCCO)c1cc(Cl)cc(Cl)c1. The van der Waals surface area contributed by atoms with E-state index in [0.29, 0.717) is 6.42 Å². The van der Waals surface area contributed by atoms with Gasteiger partial charge in [0.2, 0.25) is 10.0 Å². The van der Waals surface area contributed by atoms with Crippen molar-refractivity contribution in [3.63, 3.8) is 0 Å². The number of aliphatic hydroxyl groups is 1. The fourth-order valence-corrected chi connectivity index (χ4v) is 2.85. The van der Waals surface area contributed by atoms with E-state index in [-0.39, 0.29) is 28.1 Å². The number of benzene rings is 1. The van der Waals surface area contributed by atoms with Crippen LogP contribution < -0.4 is 4.72 Å². The van der Waals surface area contributed by atoms with Gasteiger partial charge in [-0.1, -0.05) is 23.2 Å². The first kappa shape index (κ1) is 13.7. The van der Waals surface area contributed by atoms with Gasteiger partial charge in [-0.15, -0.1) is 0 Å². The van der Waals surface area contributed by atoms with Gasteiger partial charge in [0.1, 0.15) is 0 Å². The third-order valence-electron chi connectivity index (χ3n) is 1.77. The lowest BCUT2D eigenvalue weighted by atomic mass is 10.4. The molecule has 0 heterocycles. The highest BCUT2D eigenvalue weighted by Gasteiger charge is 2.14. The van der Waals surface area contributed by atoms with E-state index < -0.39 is 10.0 Å². The highest BCUT2D eigenvalue weighted by molar-refractivity contribution is 7.89. The van der Waals surface area contributed by atoms with E-state index in [2.05, 4.69) is 4.72 Å². The van der Waals surface area contributed by atoms with E-state index in [4.69, 9.17) is 28.3 Å². The number of hydrogen-bond donors (Lipinski definition) is 2. The van der Waals surface area contributed by atoms with Crippen LogP contribution in [0.4, 0.5) is 0 Å². The molecular weight excluding hydrogens is 273 g/mol. The van der Waals surface area contributed by atoms with Crippen molar-refractivity contribution >= 4 is 33.2 Å². The quantitative estimate of drug-likeness (QED) is 0.808. The van der Waals surface area contributed by atoms with Crippen LogP contribution in [0.3, 0.4) is 0 Å². The molecule has 7 heteroatoms. The van der Waals surface area contributed by atoms with Gasteiger partial charge in [-0.05, 0) is 24.6 Å². The topological polar surface area (TPSA) is 66.4 Å². The van der Waals surface area contributed by atoms with E-state index in [1.54, 1.807) is 0 Å². The van der Waals surface area contributed by atoms with E-state index in [1.807, 2.05) is 0 Å². The number of halogens is 2. The molecule has 0 aromatic heterocycles. The van der Waals surface area contributed by atoms with Crippen molar-refractivity contribution in [3.05, 3.63) is 28.2 Å². The van der Waals surface area contributed by atoms with Crippen LogP contribution in [0.5, 0.6) is 0 Å². The Morgan fingerprint density at radius 1 is 1.19 bits per heavy atom. The van der Waals surface area contributed by atoms with Crippen LogP contribution in [0.15, 0.2) is 23.1 Å². The van der Waals surface area contributed by atoms with Gasteiger partial charge in [-0.3, -0.25) is 0 Å². The van der Waals surface area contributed by atoms with Crippen molar-refractivity contribution in [2.24, 2.45) is 0 Å². The zero-order chi connectivity index (χ0) is 12.2. The van der Waals surface area contributed by atoms with Crippen LogP contribution in [0.1, 0.15) is 6.42 Å². The molecule has 1 rings (SSSR count). The molecule has 0 amide bonds. The summed E-state index contributed by atoms with van der Waals surface area (Å²) >= 11 is 11.4. The molecule has 4 nitrogen and oxygen atoms in total. The second kappa shape index (κ2) is 5.84. The third kappa shape index (κ3) is 3.92. The highest BCUT2D eigenvalue weighted by Crippen LogP contribution is 2.21. The van der Waals surface area contributed by atoms with Gasteiger partial charge < -0.3 is 5.11 Å². The summed E-state index contributed by atoms with van der Waals surface area (Å²) in [7, 11) is -3.61. The number of hydrogen-bond acceptors (Lipinski definition) is 3. The zero-order valence-corrected chi connectivity index (χ0v) is 10.6. The van der Waals surface area contributed by atoms with Crippen LogP contribution in [0.2, 0.25) is 10.0 Å². The summed E-state index contributed by atoms with van der Waals surface area (Å²) in [6, 6.07) is 4.08. The van der Waals surface area contributed by atoms with Crippen molar-refractivity contribution in [1.29, 1.82) is 0 Å². The normalized spacial score (nSPS) is 11.7. The van der Waals surface area contributed by atoms with Gasteiger partial charge in [-0.25, -0.2) is 13.1 Å². The smallest absolute Gasteiger partial charge is 0.240 e. The fourth-order valence-electron chi connectivity index (χ4n) is 1.05. The predicted octanol–water partition coefficient (Wildman–Crippen LogP) is 1.65. The summed E-state index contributed by atoms with van der Waals surface area (Å²) in [5.74, 6) is 0. The molecule has 0 saturated carbocycles. The van der Waals surface area contributed by atoms with Crippen molar-refractivity contribution in [3.8, 4) is 0 Å². The molecule has 0 bridgehead atoms. The molecule has 0 unspecified atom stereocenters. The molecule has 0 aliphatic heterocycles. The minimum absolute atomic E-state index is 0.0166. The Morgan fingerprint density at radius 2 is 1.75 bits per heavy atom. The molecule has 0 aliphatic rings. The third-order valence-corrected chi connectivity index (χ3v) is 3.65. The fraction of sp³-hybridized carbons (Fsp3) is 0.333. The second-order valence-electron chi connectivity index (χ2n) is 3.08. The maximum absolute atomic E-state index is 11.7. The summed E-state index contributed by atoms with van der Waals surface area (Å²) in [5, 5.41) is 9.06. The largest absolute Gasteiger partial charge is 0.396 e. The summed E-state index contributed by atoms with van der Waals surface area (Å²) in [5.41, 5.74) is 0. The Labute approximate surface area is 104 Å².